The summed E-state index contributed by atoms with van der Waals surface area (Å²) in [5.41, 5.74) is 0.0333. The molecule has 0 aromatic carbocycles. The van der Waals surface area contributed by atoms with Gasteiger partial charge in [0, 0.05) is 18.5 Å². The van der Waals surface area contributed by atoms with Gasteiger partial charge in [-0.3, -0.25) is 4.79 Å². The van der Waals surface area contributed by atoms with Crippen molar-refractivity contribution >= 4 is 12.0 Å². The molecule has 0 aromatic rings. The standard InChI is InChI=1S/C12H22N2O3/c1-12(7-8-12)14-11(17)13-9-5-3-2-4-6-10(15)16/h2-9H2,1H3,(H,15,16)(H2,13,14,17). The van der Waals surface area contributed by atoms with Crippen LogP contribution in [0.1, 0.15) is 51.9 Å². The van der Waals surface area contributed by atoms with Crippen LogP contribution < -0.4 is 10.6 Å². The summed E-state index contributed by atoms with van der Waals surface area (Å²) < 4.78 is 0. The molecule has 2 amide bonds. The van der Waals surface area contributed by atoms with Crippen molar-refractivity contribution in [1.82, 2.24) is 10.6 Å². The molecule has 98 valence electrons. The van der Waals surface area contributed by atoms with Gasteiger partial charge in [0.1, 0.15) is 0 Å². The lowest BCUT2D eigenvalue weighted by molar-refractivity contribution is -0.137. The number of carbonyl (C=O) groups is 2. The normalized spacial score (nSPS) is 16.3. The summed E-state index contributed by atoms with van der Waals surface area (Å²) in [4.78, 5) is 21.6. The first-order valence-electron chi connectivity index (χ1n) is 6.30. The Kier molecular flexibility index (Phi) is 5.25. The van der Waals surface area contributed by atoms with Gasteiger partial charge in [-0.15, -0.1) is 0 Å². The van der Waals surface area contributed by atoms with Crippen LogP contribution in [0.3, 0.4) is 0 Å². The number of hydrogen-bond donors (Lipinski definition) is 3. The lowest BCUT2D eigenvalue weighted by Gasteiger charge is -2.12. The summed E-state index contributed by atoms with van der Waals surface area (Å²) in [6.45, 7) is 2.70. The van der Waals surface area contributed by atoms with Crippen LogP contribution >= 0.6 is 0 Å². The maximum atomic E-state index is 11.4. The quantitative estimate of drug-likeness (QED) is 0.568. The lowest BCUT2D eigenvalue weighted by atomic mass is 10.1. The molecule has 3 N–H and O–H groups in total. The molecule has 17 heavy (non-hydrogen) atoms. The number of unbranched alkanes of at least 4 members (excludes halogenated alkanes) is 3. The Morgan fingerprint density at radius 2 is 1.82 bits per heavy atom. The smallest absolute Gasteiger partial charge is 0.315 e. The van der Waals surface area contributed by atoms with E-state index in [0.717, 1.165) is 38.5 Å². The summed E-state index contributed by atoms with van der Waals surface area (Å²) in [5, 5.41) is 14.2. The molecule has 5 nitrogen and oxygen atoms in total. The fourth-order valence-corrected chi connectivity index (χ4v) is 1.59. The lowest BCUT2D eigenvalue weighted by Crippen LogP contribution is -2.42. The second kappa shape index (κ2) is 6.47. The van der Waals surface area contributed by atoms with E-state index in [2.05, 4.69) is 10.6 Å². The molecule has 0 saturated heterocycles. The van der Waals surface area contributed by atoms with Crippen LogP contribution in [-0.4, -0.2) is 29.2 Å². The van der Waals surface area contributed by atoms with E-state index < -0.39 is 5.97 Å². The Morgan fingerprint density at radius 3 is 2.41 bits per heavy atom. The second-order valence-electron chi connectivity index (χ2n) is 5.00. The number of carboxylic acid groups (broad SMARTS) is 1. The van der Waals surface area contributed by atoms with Crippen molar-refractivity contribution in [3.8, 4) is 0 Å². The summed E-state index contributed by atoms with van der Waals surface area (Å²) in [5.74, 6) is -0.736. The molecular formula is C12H22N2O3. The highest BCUT2D eigenvalue weighted by atomic mass is 16.4. The maximum absolute atomic E-state index is 11.4. The van der Waals surface area contributed by atoms with Gasteiger partial charge in [-0.2, -0.15) is 0 Å². The molecule has 1 rings (SSSR count). The molecule has 1 saturated carbocycles. The topological polar surface area (TPSA) is 78.4 Å². The van der Waals surface area contributed by atoms with Crippen LogP contribution in [0.4, 0.5) is 4.79 Å². The minimum Gasteiger partial charge on any atom is -0.481 e. The van der Waals surface area contributed by atoms with Crippen LogP contribution in [0.2, 0.25) is 0 Å². The molecule has 0 spiro atoms. The van der Waals surface area contributed by atoms with E-state index in [1.165, 1.54) is 0 Å². The molecule has 0 unspecified atom stereocenters. The first-order chi connectivity index (χ1) is 8.02. The van der Waals surface area contributed by atoms with Crippen LogP contribution in [0.5, 0.6) is 0 Å². The van der Waals surface area contributed by atoms with Crippen LogP contribution in [0, 0.1) is 0 Å². The zero-order valence-corrected chi connectivity index (χ0v) is 10.4. The van der Waals surface area contributed by atoms with Crippen molar-refractivity contribution in [1.29, 1.82) is 0 Å². The van der Waals surface area contributed by atoms with Gasteiger partial charge >= 0.3 is 12.0 Å². The Hall–Kier alpha value is -1.26. The van der Waals surface area contributed by atoms with Gasteiger partial charge in [-0.25, -0.2) is 4.79 Å². The number of aliphatic carboxylic acids is 1. The highest BCUT2D eigenvalue weighted by Gasteiger charge is 2.38. The number of urea groups is 1. The largest absolute Gasteiger partial charge is 0.481 e. The van der Waals surface area contributed by atoms with Crippen molar-refractivity contribution in [3.05, 3.63) is 0 Å². The van der Waals surface area contributed by atoms with Gasteiger partial charge in [-0.05, 0) is 32.6 Å². The summed E-state index contributed by atoms with van der Waals surface area (Å²) in [6, 6.07) is -0.0875. The van der Waals surface area contributed by atoms with Crippen LogP contribution in [0.15, 0.2) is 0 Å². The Bertz CT molecular complexity index is 275. The minimum absolute atomic E-state index is 0.0333. The molecular weight excluding hydrogens is 220 g/mol. The van der Waals surface area contributed by atoms with Gasteiger partial charge in [0.05, 0.1) is 0 Å². The molecule has 1 aliphatic rings. The molecule has 0 atom stereocenters. The van der Waals surface area contributed by atoms with Gasteiger partial charge in [0.25, 0.3) is 0 Å². The second-order valence-corrected chi connectivity index (χ2v) is 5.00. The van der Waals surface area contributed by atoms with Gasteiger partial charge in [0.2, 0.25) is 0 Å². The predicted octanol–water partition coefficient (Wildman–Crippen LogP) is 1.87. The number of amides is 2. The highest BCUT2D eigenvalue weighted by Crippen LogP contribution is 2.33. The monoisotopic (exact) mass is 242 g/mol. The zero-order chi connectivity index (χ0) is 12.7. The third kappa shape index (κ3) is 6.81. The van der Waals surface area contributed by atoms with Crippen molar-refractivity contribution in [3.63, 3.8) is 0 Å². The Labute approximate surface area is 102 Å². The van der Waals surface area contributed by atoms with E-state index in [-0.39, 0.29) is 18.0 Å². The molecule has 0 heterocycles. The van der Waals surface area contributed by atoms with Crippen molar-refractivity contribution in [2.24, 2.45) is 0 Å². The third-order valence-electron chi connectivity index (χ3n) is 3.02. The summed E-state index contributed by atoms with van der Waals surface area (Å²) in [7, 11) is 0. The van der Waals surface area contributed by atoms with E-state index in [1.807, 2.05) is 6.92 Å². The third-order valence-corrected chi connectivity index (χ3v) is 3.02. The van der Waals surface area contributed by atoms with Crippen molar-refractivity contribution in [2.45, 2.75) is 57.4 Å². The number of carbonyl (C=O) groups excluding carboxylic acids is 1. The minimum atomic E-state index is -0.736. The molecule has 0 aromatic heterocycles. The zero-order valence-electron chi connectivity index (χ0n) is 10.4. The van der Waals surface area contributed by atoms with E-state index >= 15 is 0 Å². The van der Waals surface area contributed by atoms with E-state index in [9.17, 15) is 9.59 Å². The molecule has 1 aliphatic carbocycles. The number of carboxylic acids is 1. The van der Waals surface area contributed by atoms with E-state index in [4.69, 9.17) is 5.11 Å². The number of nitrogens with one attached hydrogen (secondary N) is 2. The number of hydrogen-bond acceptors (Lipinski definition) is 2. The van der Waals surface area contributed by atoms with E-state index in [1.54, 1.807) is 0 Å². The van der Waals surface area contributed by atoms with Gasteiger partial charge in [0.15, 0.2) is 0 Å². The fourth-order valence-electron chi connectivity index (χ4n) is 1.59. The Balaban J connectivity index is 1.86. The molecule has 5 heteroatoms. The average molecular weight is 242 g/mol. The highest BCUT2D eigenvalue weighted by molar-refractivity contribution is 5.75. The average Bonchev–Trinajstić information content (AvgIpc) is 2.94. The summed E-state index contributed by atoms with van der Waals surface area (Å²) >= 11 is 0. The van der Waals surface area contributed by atoms with Gasteiger partial charge < -0.3 is 15.7 Å². The summed E-state index contributed by atoms with van der Waals surface area (Å²) in [6.07, 6.45) is 5.87. The number of rotatable bonds is 8. The van der Waals surface area contributed by atoms with Crippen LogP contribution in [-0.2, 0) is 4.79 Å². The SMILES string of the molecule is CC1(NC(=O)NCCCCCCC(=O)O)CC1. The van der Waals surface area contributed by atoms with E-state index in [0.29, 0.717) is 6.54 Å². The maximum Gasteiger partial charge on any atom is 0.315 e. The molecule has 0 aliphatic heterocycles. The van der Waals surface area contributed by atoms with Crippen LogP contribution in [0.25, 0.3) is 0 Å². The first-order valence-corrected chi connectivity index (χ1v) is 6.30. The fraction of sp³-hybridized carbons (Fsp3) is 0.833. The molecule has 1 fully saturated rings. The molecule has 0 bridgehead atoms. The first kappa shape index (κ1) is 13.8. The van der Waals surface area contributed by atoms with Crippen molar-refractivity contribution in [2.75, 3.05) is 6.54 Å². The molecule has 0 radical (unpaired) electrons. The Morgan fingerprint density at radius 1 is 1.18 bits per heavy atom. The predicted molar refractivity (Wildman–Crippen MR) is 64.9 cm³/mol. The van der Waals surface area contributed by atoms with Crippen molar-refractivity contribution < 1.29 is 14.7 Å². The van der Waals surface area contributed by atoms with Gasteiger partial charge in [-0.1, -0.05) is 12.8 Å².